The van der Waals surface area contributed by atoms with Crippen molar-refractivity contribution in [3.05, 3.63) is 64.5 Å². The first-order valence-electron chi connectivity index (χ1n) is 9.83. The van der Waals surface area contributed by atoms with E-state index < -0.39 is 0 Å². The van der Waals surface area contributed by atoms with Crippen LogP contribution in [0.5, 0.6) is 5.75 Å². The number of methoxy groups -OCH3 is 1. The van der Waals surface area contributed by atoms with Crippen molar-refractivity contribution in [3.63, 3.8) is 0 Å². The Balaban J connectivity index is 1.43. The van der Waals surface area contributed by atoms with Crippen LogP contribution >= 0.6 is 11.3 Å². The minimum atomic E-state index is -0.310. The smallest absolute Gasteiger partial charge is 0.250 e. The fourth-order valence-corrected chi connectivity index (χ4v) is 4.08. The second kappa shape index (κ2) is 8.69. The number of hydrogen-bond donors (Lipinski definition) is 1. The molecule has 0 atom stereocenters. The van der Waals surface area contributed by atoms with Crippen LogP contribution in [-0.2, 0) is 4.79 Å². The maximum Gasteiger partial charge on any atom is 0.250 e. The number of ether oxygens (including phenoxy) is 1. The largest absolute Gasteiger partial charge is 0.496 e. The highest BCUT2D eigenvalue weighted by molar-refractivity contribution is 7.15. The number of anilines is 1. The van der Waals surface area contributed by atoms with Crippen LogP contribution in [0.3, 0.4) is 0 Å². The van der Waals surface area contributed by atoms with E-state index in [1.54, 1.807) is 16.6 Å². The van der Waals surface area contributed by atoms with Crippen LogP contribution in [0.25, 0.3) is 16.2 Å². The van der Waals surface area contributed by atoms with Crippen LogP contribution in [0, 0.1) is 13.8 Å². The van der Waals surface area contributed by atoms with Gasteiger partial charge in [0.15, 0.2) is 5.78 Å². The van der Waals surface area contributed by atoms with Gasteiger partial charge in [0.1, 0.15) is 5.75 Å². The van der Waals surface area contributed by atoms with Gasteiger partial charge in [-0.3, -0.25) is 14.9 Å². The number of benzene rings is 2. The van der Waals surface area contributed by atoms with E-state index >= 15 is 0 Å². The van der Waals surface area contributed by atoms with Crippen LogP contribution in [-0.4, -0.2) is 33.4 Å². The molecule has 4 aromatic rings. The quantitative estimate of drug-likeness (QED) is 0.427. The Bertz CT molecular complexity index is 1260. The van der Waals surface area contributed by atoms with Gasteiger partial charge in [-0.1, -0.05) is 41.5 Å². The van der Waals surface area contributed by atoms with Gasteiger partial charge in [0, 0.05) is 23.8 Å². The van der Waals surface area contributed by atoms with E-state index in [1.807, 2.05) is 49.6 Å². The van der Waals surface area contributed by atoms with Gasteiger partial charge in [-0.15, -0.1) is 16.4 Å². The van der Waals surface area contributed by atoms with Crippen molar-refractivity contribution in [2.24, 2.45) is 0 Å². The lowest BCUT2D eigenvalue weighted by molar-refractivity contribution is -0.116. The summed E-state index contributed by atoms with van der Waals surface area (Å²) in [6, 6.07) is 13.6. The summed E-state index contributed by atoms with van der Waals surface area (Å²) >= 11 is 1.45. The number of nitrogens with one attached hydrogen (secondary N) is 1. The monoisotopic (exact) mass is 434 g/mol. The van der Waals surface area contributed by atoms with Crippen molar-refractivity contribution in [3.8, 4) is 17.0 Å². The van der Waals surface area contributed by atoms with Gasteiger partial charge in [0.25, 0.3) is 0 Å². The zero-order chi connectivity index (χ0) is 22.0. The second-order valence-electron chi connectivity index (χ2n) is 7.29. The van der Waals surface area contributed by atoms with Gasteiger partial charge >= 0.3 is 0 Å². The summed E-state index contributed by atoms with van der Waals surface area (Å²) in [5.74, 6) is 0.285. The topological polar surface area (TPSA) is 85.6 Å². The number of thiazole rings is 1. The first-order valence-corrected chi connectivity index (χ1v) is 10.7. The number of fused-ring (bicyclic) bond motifs is 1. The number of carbonyl (C=O) groups is 2. The molecule has 0 unspecified atom stereocenters. The summed E-state index contributed by atoms with van der Waals surface area (Å²) in [6.45, 7) is 3.94. The third kappa shape index (κ3) is 4.49. The summed E-state index contributed by atoms with van der Waals surface area (Å²) in [7, 11) is 1.52. The van der Waals surface area contributed by atoms with Gasteiger partial charge in [0.2, 0.25) is 16.8 Å². The van der Waals surface area contributed by atoms with E-state index in [9.17, 15) is 9.59 Å². The van der Waals surface area contributed by atoms with Gasteiger partial charge in [-0.2, -0.15) is 4.98 Å². The standard InChI is InChI=1S/C23H22N4O3S/c1-14-4-7-16(8-5-14)18-13-31-23-25-22(26-27(18)23)24-21(29)11-9-19(28)17-12-15(2)6-10-20(17)30-3/h4-8,10,12-13H,9,11H2,1-3H3,(H,24,26,29). The molecule has 0 spiro atoms. The summed E-state index contributed by atoms with van der Waals surface area (Å²) in [5.41, 5.74) is 4.56. The molecule has 2 heterocycles. The maximum absolute atomic E-state index is 12.6. The molecule has 0 aliphatic heterocycles. The average Bonchev–Trinajstić information content (AvgIpc) is 3.33. The second-order valence-corrected chi connectivity index (χ2v) is 8.13. The molecule has 1 amide bonds. The van der Waals surface area contributed by atoms with Crippen molar-refractivity contribution in [1.29, 1.82) is 0 Å². The van der Waals surface area contributed by atoms with Gasteiger partial charge in [-0.25, -0.2) is 4.52 Å². The Morgan fingerprint density at radius 1 is 1.06 bits per heavy atom. The van der Waals surface area contributed by atoms with Crippen molar-refractivity contribution in [2.75, 3.05) is 12.4 Å². The number of nitrogens with zero attached hydrogens (tertiary/aromatic N) is 3. The number of ketones is 1. The molecule has 4 rings (SSSR count). The van der Waals surface area contributed by atoms with Gasteiger partial charge in [-0.05, 0) is 26.0 Å². The Morgan fingerprint density at radius 2 is 1.81 bits per heavy atom. The Hall–Kier alpha value is -3.52. The Morgan fingerprint density at radius 3 is 2.55 bits per heavy atom. The molecule has 8 heteroatoms. The van der Waals surface area contributed by atoms with Crippen molar-refractivity contribution < 1.29 is 14.3 Å². The van der Waals surface area contributed by atoms with E-state index in [0.717, 1.165) is 16.8 Å². The lowest BCUT2D eigenvalue weighted by Crippen LogP contribution is -2.15. The van der Waals surface area contributed by atoms with E-state index in [2.05, 4.69) is 15.4 Å². The number of carbonyl (C=O) groups excluding carboxylic acids is 2. The highest BCUT2D eigenvalue weighted by Crippen LogP contribution is 2.26. The first kappa shape index (κ1) is 20.7. The summed E-state index contributed by atoms with van der Waals surface area (Å²) in [4.78, 5) is 30.0. The third-order valence-electron chi connectivity index (χ3n) is 4.91. The van der Waals surface area contributed by atoms with Gasteiger partial charge in [0.05, 0.1) is 18.4 Å². The Labute approximate surface area is 183 Å². The highest BCUT2D eigenvalue weighted by Gasteiger charge is 2.17. The lowest BCUT2D eigenvalue weighted by Gasteiger charge is -2.08. The predicted octanol–water partition coefficient (Wildman–Crippen LogP) is 4.68. The normalized spacial score (nSPS) is 10.9. The minimum absolute atomic E-state index is 0.0353. The van der Waals surface area contributed by atoms with Crippen molar-refractivity contribution >= 4 is 33.9 Å². The minimum Gasteiger partial charge on any atom is -0.496 e. The van der Waals surface area contributed by atoms with E-state index in [0.29, 0.717) is 16.3 Å². The lowest BCUT2D eigenvalue weighted by atomic mass is 10.0. The molecular weight excluding hydrogens is 412 g/mol. The van der Waals surface area contributed by atoms with E-state index in [-0.39, 0.29) is 30.5 Å². The SMILES string of the molecule is COc1ccc(C)cc1C(=O)CCC(=O)Nc1nc2scc(-c3ccc(C)cc3)n2n1. The Kier molecular flexibility index (Phi) is 5.81. The van der Waals surface area contributed by atoms with Crippen molar-refractivity contribution in [1.82, 2.24) is 14.6 Å². The molecule has 0 bridgehead atoms. The molecule has 0 aliphatic rings. The molecule has 2 aromatic carbocycles. The number of Topliss-reactive ketones (excluding diaryl/α,β-unsaturated/α-hetero) is 1. The molecule has 0 fully saturated rings. The zero-order valence-electron chi connectivity index (χ0n) is 17.5. The zero-order valence-corrected chi connectivity index (χ0v) is 18.3. The van der Waals surface area contributed by atoms with E-state index in [1.165, 1.54) is 24.0 Å². The van der Waals surface area contributed by atoms with Crippen molar-refractivity contribution in [2.45, 2.75) is 26.7 Å². The molecular formula is C23H22N4O3S. The molecule has 2 aromatic heterocycles. The molecule has 158 valence electrons. The predicted molar refractivity (Wildman–Crippen MR) is 121 cm³/mol. The molecule has 31 heavy (non-hydrogen) atoms. The molecule has 0 aliphatic carbocycles. The number of amides is 1. The number of rotatable bonds is 7. The summed E-state index contributed by atoms with van der Waals surface area (Å²) < 4.78 is 6.98. The van der Waals surface area contributed by atoms with Crippen LogP contribution in [0.2, 0.25) is 0 Å². The maximum atomic E-state index is 12.6. The molecule has 0 saturated heterocycles. The number of aromatic nitrogens is 3. The first-order chi connectivity index (χ1) is 14.9. The summed E-state index contributed by atoms with van der Waals surface area (Å²) in [6.07, 6.45) is 0.107. The molecule has 0 radical (unpaired) electrons. The number of aryl methyl sites for hydroxylation is 2. The summed E-state index contributed by atoms with van der Waals surface area (Å²) in [5, 5.41) is 9.09. The van der Waals surface area contributed by atoms with Crippen LogP contribution < -0.4 is 10.1 Å². The van der Waals surface area contributed by atoms with Gasteiger partial charge < -0.3 is 4.74 Å². The van der Waals surface area contributed by atoms with E-state index in [4.69, 9.17) is 4.74 Å². The molecule has 7 nitrogen and oxygen atoms in total. The highest BCUT2D eigenvalue weighted by atomic mass is 32.1. The fourth-order valence-electron chi connectivity index (χ4n) is 3.25. The molecule has 1 N–H and O–H groups in total. The van der Waals surface area contributed by atoms with Crippen LogP contribution in [0.1, 0.15) is 34.3 Å². The van der Waals surface area contributed by atoms with Crippen LogP contribution in [0.15, 0.2) is 47.8 Å². The average molecular weight is 435 g/mol. The number of hydrogen-bond acceptors (Lipinski definition) is 6. The molecule has 0 saturated carbocycles. The van der Waals surface area contributed by atoms with Crippen LogP contribution in [0.4, 0.5) is 5.95 Å². The third-order valence-corrected chi connectivity index (χ3v) is 5.73. The fraction of sp³-hybridized carbons (Fsp3) is 0.217.